The van der Waals surface area contributed by atoms with Crippen molar-refractivity contribution in [2.45, 2.75) is 32.5 Å². The molecule has 0 spiro atoms. The van der Waals surface area contributed by atoms with E-state index in [1.54, 1.807) is 24.3 Å². The lowest BCUT2D eigenvalue weighted by Crippen LogP contribution is -2.43. The Morgan fingerprint density at radius 1 is 0.971 bits per heavy atom. The van der Waals surface area contributed by atoms with Gasteiger partial charge in [0.05, 0.1) is 6.54 Å². The van der Waals surface area contributed by atoms with Gasteiger partial charge in [0.25, 0.3) is 5.91 Å². The van der Waals surface area contributed by atoms with Gasteiger partial charge in [-0.05, 0) is 54.4 Å². The third-order valence-electron chi connectivity index (χ3n) is 5.46. The summed E-state index contributed by atoms with van der Waals surface area (Å²) in [6.07, 6.45) is -1.49. The van der Waals surface area contributed by atoms with Crippen LogP contribution >= 0.6 is 0 Å². The van der Waals surface area contributed by atoms with Crippen molar-refractivity contribution in [3.8, 4) is 0 Å². The van der Waals surface area contributed by atoms with E-state index in [4.69, 9.17) is 4.74 Å². The first-order valence-corrected chi connectivity index (χ1v) is 10.8. The molecule has 2 N–H and O–H groups in total. The van der Waals surface area contributed by atoms with E-state index in [0.29, 0.717) is 16.9 Å². The van der Waals surface area contributed by atoms with Gasteiger partial charge in [-0.25, -0.2) is 9.18 Å². The molecule has 2 atom stereocenters. The molecule has 1 aliphatic heterocycles. The predicted molar refractivity (Wildman–Crippen MR) is 126 cm³/mol. The minimum absolute atomic E-state index is 0.183. The molecule has 8 heteroatoms. The van der Waals surface area contributed by atoms with Gasteiger partial charge in [-0.2, -0.15) is 0 Å². The fourth-order valence-electron chi connectivity index (χ4n) is 3.93. The first-order valence-electron chi connectivity index (χ1n) is 10.8. The summed E-state index contributed by atoms with van der Waals surface area (Å²) in [5.41, 5.74) is 3.49. The molecule has 2 unspecified atom stereocenters. The van der Waals surface area contributed by atoms with Gasteiger partial charge in [-0.15, -0.1) is 0 Å². The molecular formula is C26H24FN3O4. The van der Waals surface area contributed by atoms with Crippen LogP contribution in [0.4, 0.5) is 20.6 Å². The summed E-state index contributed by atoms with van der Waals surface area (Å²) >= 11 is 0. The Morgan fingerprint density at radius 3 is 2.26 bits per heavy atom. The van der Waals surface area contributed by atoms with Gasteiger partial charge >= 0.3 is 6.09 Å². The van der Waals surface area contributed by atoms with E-state index in [1.807, 2.05) is 31.2 Å². The van der Waals surface area contributed by atoms with Crippen molar-refractivity contribution in [2.24, 2.45) is 0 Å². The zero-order valence-electron chi connectivity index (χ0n) is 18.7. The number of amides is 3. The molecule has 0 aromatic heterocycles. The second-order valence-electron chi connectivity index (χ2n) is 8.17. The number of hydrogen-bond donors (Lipinski definition) is 2. The van der Waals surface area contributed by atoms with Crippen LogP contribution in [0.2, 0.25) is 0 Å². The molecule has 0 bridgehead atoms. The van der Waals surface area contributed by atoms with Crippen molar-refractivity contribution in [3.63, 3.8) is 0 Å². The Labute approximate surface area is 196 Å². The molecule has 3 aromatic carbocycles. The Balaban J connectivity index is 1.64. The number of rotatable bonds is 6. The van der Waals surface area contributed by atoms with Crippen molar-refractivity contribution >= 4 is 29.3 Å². The first kappa shape index (κ1) is 23.0. The highest BCUT2D eigenvalue weighted by molar-refractivity contribution is 5.98. The van der Waals surface area contributed by atoms with Gasteiger partial charge in [-0.3, -0.25) is 14.5 Å². The lowest BCUT2D eigenvalue weighted by molar-refractivity contribution is -0.121. The van der Waals surface area contributed by atoms with Crippen molar-refractivity contribution in [3.05, 3.63) is 95.3 Å². The summed E-state index contributed by atoms with van der Waals surface area (Å²) in [6.45, 7) is 3.54. The second-order valence-corrected chi connectivity index (χ2v) is 8.17. The van der Waals surface area contributed by atoms with E-state index < -0.39 is 30.0 Å². The van der Waals surface area contributed by atoms with Crippen LogP contribution in [0.15, 0.2) is 72.8 Å². The standard InChI is InChI=1S/C26H24FN3O4/c1-16-4-3-5-18(14-16)15-30-23(25(32)29-22-12-8-20(27)9-13-22)24(34-26(30)33)19-6-10-21(11-7-19)28-17(2)31/h3-14,23-24H,15H2,1-2H3,(H,28,31)(H,29,32). The van der Waals surface area contributed by atoms with Crippen molar-refractivity contribution in [2.75, 3.05) is 10.6 Å². The molecule has 1 heterocycles. The molecule has 1 saturated heterocycles. The van der Waals surface area contributed by atoms with Crippen LogP contribution in [0.3, 0.4) is 0 Å². The van der Waals surface area contributed by atoms with Crippen molar-refractivity contribution in [1.82, 2.24) is 4.90 Å². The lowest BCUT2D eigenvalue weighted by Gasteiger charge is -2.24. The molecular weight excluding hydrogens is 437 g/mol. The Bertz CT molecular complexity index is 1210. The highest BCUT2D eigenvalue weighted by atomic mass is 19.1. The van der Waals surface area contributed by atoms with Crippen LogP contribution < -0.4 is 10.6 Å². The van der Waals surface area contributed by atoms with Crippen LogP contribution in [0.5, 0.6) is 0 Å². The molecule has 0 aliphatic carbocycles. The highest BCUT2D eigenvalue weighted by Crippen LogP contribution is 2.35. The largest absolute Gasteiger partial charge is 0.438 e. The van der Waals surface area contributed by atoms with Gasteiger partial charge in [0.2, 0.25) is 5.91 Å². The number of aryl methyl sites for hydroxylation is 1. The SMILES string of the molecule is CC(=O)Nc1ccc(C2OC(=O)N(Cc3cccc(C)c3)C2C(=O)Nc2ccc(F)cc2)cc1. The monoisotopic (exact) mass is 461 g/mol. The predicted octanol–water partition coefficient (Wildman–Crippen LogP) is 4.79. The lowest BCUT2D eigenvalue weighted by atomic mass is 10.00. The number of carbonyl (C=O) groups excluding carboxylic acids is 3. The number of nitrogens with zero attached hydrogens (tertiary/aromatic N) is 1. The maximum absolute atomic E-state index is 13.4. The van der Waals surface area contributed by atoms with E-state index in [0.717, 1.165) is 11.1 Å². The summed E-state index contributed by atoms with van der Waals surface area (Å²) in [5.74, 6) is -1.09. The molecule has 3 aromatic rings. The smallest absolute Gasteiger partial charge is 0.411 e. The van der Waals surface area contributed by atoms with E-state index in [2.05, 4.69) is 10.6 Å². The van der Waals surface area contributed by atoms with Gasteiger partial charge in [0.1, 0.15) is 5.82 Å². The quantitative estimate of drug-likeness (QED) is 0.552. The fourth-order valence-corrected chi connectivity index (χ4v) is 3.93. The summed E-state index contributed by atoms with van der Waals surface area (Å²) in [7, 11) is 0. The maximum atomic E-state index is 13.4. The number of nitrogens with one attached hydrogen (secondary N) is 2. The molecule has 174 valence electrons. The molecule has 3 amide bonds. The summed E-state index contributed by atoms with van der Waals surface area (Å²) in [6, 6.07) is 18.9. The number of ether oxygens (including phenoxy) is 1. The Kier molecular flexibility index (Phi) is 6.58. The molecule has 0 saturated carbocycles. The number of cyclic esters (lactones) is 1. The average Bonchev–Trinajstić information content (AvgIpc) is 3.11. The fraction of sp³-hybridized carbons (Fsp3) is 0.192. The number of anilines is 2. The molecule has 0 radical (unpaired) electrons. The van der Waals surface area contributed by atoms with Crippen molar-refractivity contribution < 1.29 is 23.5 Å². The van der Waals surface area contributed by atoms with Crippen LogP contribution in [0.25, 0.3) is 0 Å². The molecule has 7 nitrogen and oxygen atoms in total. The van der Waals surface area contributed by atoms with Gasteiger partial charge < -0.3 is 15.4 Å². The maximum Gasteiger partial charge on any atom is 0.411 e. The van der Waals surface area contributed by atoms with Crippen molar-refractivity contribution in [1.29, 1.82) is 0 Å². The second kappa shape index (κ2) is 9.74. The van der Waals surface area contributed by atoms with E-state index in [9.17, 15) is 18.8 Å². The molecule has 34 heavy (non-hydrogen) atoms. The zero-order valence-corrected chi connectivity index (χ0v) is 18.7. The van der Waals surface area contributed by atoms with Gasteiger partial charge in [0, 0.05) is 18.3 Å². The van der Waals surface area contributed by atoms with Crippen LogP contribution in [-0.2, 0) is 20.9 Å². The minimum Gasteiger partial charge on any atom is -0.438 e. The van der Waals surface area contributed by atoms with Gasteiger partial charge in [0.15, 0.2) is 12.1 Å². The topological polar surface area (TPSA) is 87.7 Å². The number of hydrogen-bond acceptors (Lipinski definition) is 4. The number of benzene rings is 3. The van der Waals surface area contributed by atoms with E-state index >= 15 is 0 Å². The van der Waals surface area contributed by atoms with Gasteiger partial charge in [-0.1, -0.05) is 42.0 Å². The first-order chi connectivity index (χ1) is 16.3. The number of halogens is 1. The Hall–Kier alpha value is -4.20. The molecule has 1 fully saturated rings. The Morgan fingerprint density at radius 2 is 1.62 bits per heavy atom. The zero-order chi connectivity index (χ0) is 24.2. The van der Waals surface area contributed by atoms with Crippen LogP contribution in [-0.4, -0.2) is 28.8 Å². The minimum atomic E-state index is -0.968. The summed E-state index contributed by atoms with van der Waals surface area (Å²) in [5, 5.41) is 5.44. The molecule has 4 rings (SSSR count). The third kappa shape index (κ3) is 5.23. The summed E-state index contributed by atoms with van der Waals surface area (Å²) < 4.78 is 18.9. The molecule has 1 aliphatic rings. The van der Waals surface area contributed by atoms with Crippen LogP contribution in [0.1, 0.15) is 29.7 Å². The third-order valence-corrected chi connectivity index (χ3v) is 5.46. The normalized spacial score (nSPS) is 17.3. The van der Waals surface area contributed by atoms with Crippen LogP contribution in [0, 0.1) is 12.7 Å². The average molecular weight is 461 g/mol. The number of carbonyl (C=O) groups is 3. The highest BCUT2D eigenvalue weighted by Gasteiger charge is 2.47. The van der Waals surface area contributed by atoms with E-state index in [-0.39, 0.29) is 12.5 Å². The van der Waals surface area contributed by atoms with E-state index in [1.165, 1.54) is 36.1 Å². The summed E-state index contributed by atoms with van der Waals surface area (Å²) in [4.78, 5) is 39.0.